The Hall–Kier alpha value is -0.610. The molecule has 0 spiro atoms. The normalized spacial score (nSPS) is 26.7. The lowest BCUT2D eigenvalue weighted by Gasteiger charge is -2.34. The third kappa shape index (κ3) is 4.18. The molecule has 1 aliphatic rings. The predicted molar refractivity (Wildman–Crippen MR) is 59.4 cm³/mol. The molecule has 1 fully saturated rings. The maximum absolute atomic E-state index is 11.8. The van der Waals surface area contributed by atoms with E-state index < -0.39 is 0 Å². The average molecular weight is 214 g/mol. The monoisotopic (exact) mass is 214 g/mol. The van der Waals surface area contributed by atoms with Crippen molar-refractivity contribution in [2.45, 2.75) is 32.7 Å². The van der Waals surface area contributed by atoms with E-state index in [0.29, 0.717) is 32.1 Å². The van der Waals surface area contributed by atoms with Crippen molar-refractivity contribution in [3.8, 4) is 0 Å². The standard InChI is InChI=1S/C11H22N2O2/c1-3-15-5-4-11(14)13-7-9(2)6-10(12)8-13/h9-10H,3-8,12H2,1-2H3. The predicted octanol–water partition coefficient (Wildman–Crippen LogP) is 0.609. The Morgan fingerprint density at radius 1 is 1.53 bits per heavy atom. The van der Waals surface area contributed by atoms with Crippen LogP contribution in [0.2, 0.25) is 0 Å². The minimum Gasteiger partial charge on any atom is -0.381 e. The Bertz CT molecular complexity index is 199. The van der Waals surface area contributed by atoms with Crippen LogP contribution < -0.4 is 5.73 Å². The quantitative estimate of drug-likeness (QED) is 0.698. The number of ether oxygens (including phenoxy) is 1. The highest BCUT2D eigenvalue weighted by Crippen LogP contribution is 2.15. The van der Waals surface area contributed by atoms with Crippen molar-refractivity contribution in [2.24, 2.45) is 11.7 Å². The summed E-state index contributed by atoms with van der Waals surface area (Å²) in [6, 6.07) is 0.143. The van der Waals surface area contributed by atoms with Gasteiger partial charge in [0.2, 0.25) is 5.91 Å². The topological polar surface area (TPSA) is 55.6 Å². The SMILES string of the molecule is CCOCCC(=O)N1CC(C)CC(N)C1. The van der Waals surface area contributed by atoms with Gasteiger partial charge in [-0.2, -0.15) is 0 Å². The van der Waals surface area contributed by atoms with Crippen LogP contribution in [0.3, 0.4) is 0 Å². The second kappa shape index (κ2) is 6.08. The highest BCUT2D eigenvalue weighted by molar-refractivity contribution is 5.76. The van der Waals surface area contributed by atoms with Gasteiger partial charge < -0.3 is 15.4 Å². The van der Waals surface area contributed by atoms with Gasteiger partial charge in [0.15, 0.2) is 0 Å². The van der Waals surface area contributed by atoms with Gasteiger partial charge in [-0.25, -0.2) is 0 Å². The van der Waals surface area contributed by atoms with Gasteiger partial charge in [0.25, 0.3) is 0 Å². The summed E-state index contributed by atoms with van der Waals surface area (Å²) in [5.41, 5.74) is 5.88. The van der Waals surface area contributed by atoms with Gasteiger partial charge in [-0.05, 0) is 19.3 Å². The summed E-state index contributed by atoms with van der Waals surface area (Å²) < 4.78 is 5.17. The Kier molecular flexibility index (Phi) is 5.05. The molecular formula is C11H22N2O2. The first kappa shape index (κ1) is 12.5. The van der Waals surface area contributed by atoms with Gasteiger partial charge in [0.1, 0.15) is 0 Å². The zero-order chi connectivity index (χ0) is 11.3. The fraction of sp³-hybridized carbons (Fsp3) is 0.909. The Morgan fingerprint density at radius 2 is 2.27 bits per heavy atom. The van der Waals surface area contributed by atoms with Crippen molar-refractivity contribution in [2.75, 3.05) is 26.3 Å². The first-order valence-electron chi connectivity index (χ1n) is 5.74. The highest BCUT2D eigenvalue weighted by atomic mass is 16.5. The van der Waals surface area contributed by atoms with Gasteiger partial charge in [-0.1, -0.05) is 6.92 Å². The lowest BCUT2D eigenvalue weighted by Crippen LogP contribution is -2.49. The lowest BCUT2D eigenvalue weighted by atomic mass is 9.96. The maximum atomic E-state index is 11.8. The lowest BCUT2D eigenvalue weighted by molar-refractivity contribution is -0.134. The van der Waals surface area contributed by atoms with Crippen LogP contribution in [0.5, 0.6) is 0 Å². The summed E-state index contributed by atoms with van der Waals surface area (Å²) in [6.07, 6.45) is 1.50. The molecule has 1 heterocycles. The molecule has 2 N–H and O–H groups in total. The van der Waals surface area contributed by atoms with Crippen molar-refractivity contribution < 1.29 is 9.53 Å². The summed E-state index contributed by atoms with van der Waals surface area (Å²) in [6.45, 7) is 6.82. The molecule has 1 aliphatic heterocycles. The first-order chi connectivity index (χ1) is 7.13. The zero-order valence-electron chi connectivity index (χ0n) is 9.74. The molecule has 15 heavy (non-hydrogen) atoms. The van der Waals surface area contributed by atoms with Crippen LogP contribution in [0.4, 0.5) is 0 Å². The second-order valence-electron chi connectivity index (χ2n) is 4.35. The molecule has 1 saturated heterocycles. The number of hydrogen-bond acceptors (Lipinski definition) is 3. The Morgan fingerprint density at radius 3 is 2.87 bits per heavy atom. The molecule has 0 aromatic carbocycles. The molecular weight excluding hydrogens is 192 g/mol. The molecule has 1 amide bonds. The minimum atomic E-state index is 0.143. The number of rotatable bonds is 4. The number of nitrogens with zero attached hydrogens (tertiary/aromatic N) is 1. The van der Waals surface area contributed by atoms with Gasteiger partial charge >= 0.3 is 0 Å². The molecule has 0 aliphatic carbocycles. The van der Waals surface area contributed by atoms with Crippen LogP contribution in [-0.4, -0.2) is 43.2 Å². The summed E-state index contributed by atoms with van der Waals surface area (Å²) >= 11 is 0. The molecule has 0 radical (unpaired) electrons. The van der Waals surface area contributed by atoms with Crippen LogP contribution in [0.1, 0.15) is 26.7 Å². The van der Waals surface area contributed by atoms with Gasteiger partial charge in [-0.3, -0.25) is 4.79 Å². The second-order valence-corrected chi connectivity index (χ2v) is 4.35. The molecule has 2 atom stereocenters. The van der Waals surface area contributed by atoms with E-state index in [1.165, 1.54) is 0 Å². The molecule has 0 aromatic heterocycles. The highest BCUT2D eigenvalue weighted by Gasteiger charge is 2.25. The number of amides is 1. The number of carbonyl (C=O) groups excluding carboxylic acids is 1. The molecule has 0 bridgehead atoms. The van der Waals surface area contributed by atoms with E-state index >= 15 is 0 Å². The van der Waals surface area contributed by atoms with Crippen molar-refractivity contribution in [1.82, 2.24) is 4.90 Å². The van der Waals surface area contributed by atoms with Gasteiger partial charge in [0, 0.05) is 25.7 Å². The van der Waals surface area contributed by atoms with Crippen LogP contribution >= 0.6 is 0 Å². The molecule has 4 heteroatoms. The van der Waals surface area contributed by atoms with E-state index in [9.17, 15) is 4.79 Å². The molecule has 0 saturated carbocycles. The van der Waals surface area contributed by atoms with Crippen molar-refractivity contribution in [1.29, 1.82) is 0 Å². The fourth-order valence-corrected chi connectivity index (χ4v) is 2.07. The van der Waals surface area contributed by atoms with E-state index in [1.54, 1.807) is 0 Å². The number of piperidine rings is 1. The molecule has 1 rings (SSSR count). The first-order valence-corrected chi connectivity index (χ1v) is 5.74. The fourth-order valence-electron chi connectivity index (χ4n) is 2.07. The average Bonchev–Trinajstić information content (AvgIpc) is 2.16. The summed E-state index contributed by atoms with van der Waals surface area (Å²) in [4.78, 5) is 13.6. The number of likely N-dealkylation sites (tertiary alicyclic amines) is 1. The molecule has 0 aromatic rings. The summed E-state index contributed by atoms with van der Waals surface area (Å²) in [5.74, 6) is 0.690. The van der Waals surface area contributed by atoms with E-state index in [-0.39, 0.29) is 11.9 Å². The zero-order valence-corrected chi connectivity index (χ0v) is 9.74. The Balaban J connectivity index is 2.31. The smallest absolute Gasteiger partial charge is 0.224 e. The Labute approximate surface area is 91.8 Å². The van der Waals surface area contributed by atoms with Crippen LogP contribution in [0, 0.1) is 5.92 Å². The van der Waals surface area contributed by atoms with E-state index in [1.807, 2.05) is 11.8 Å². The van der Waals surface area contributed by atoms with Crippen molar-refractivity contribution >= 4 is 5.91 Å². The number of hydrogen-bond donors (Lipinski definition) is 1. The third-order valence-corrected chi connectivity index (χ3v) is 2.71. The van der Waals surface area contributed by atoms with E-state index in [0.717, 1.165) is 13.0 Å². The number of carbonyl (C=O) groups is 1. The van der Waals surface area contributed by atoms with Gasteiger partial charge in [-0.15, -0.1) is 0 Å². The van der Waals surface area contributed by atoms with Crippen molar-refractivity contribution in [3.63, 3.8) is 0 Å². The largest absolute Gasteiger partial charge is 0.381 e. The van der Waals surface area contributed by atoms with Gasteiger partial charge in [0.05, 0.1) is 13.0 Å². The van der Waals surface area contributed by atoms with E-state index in [4.69, 9.17) is 10.5 Å². The maximum Gasteiger partial charge on any atom is 0.224 e. The third-order valence-electron chi connectivity index (χ3n) is 2.71. The molecule has 2 unspecified atom stereocenters. The summed E-state index contributed by atoms with van der Waals surface area (Å²) in [7, 11) is 0. The van der Waals surface area contributed by atoms with Crippen molar-refractivity contribution in [3.05, 3.63) is 0 Å². The van der Waals surface area contributed by atoms with Crippen LogP contribution in [-0.2, 0) is 9.53 Å². The molecule has 4 nitrogen and oxygen atoms in total. The van der Waals surface area contributed by atoms with Crippen LogP contribution in [0.15, 0.2) is 0 Å². The number of nitrogens with two attached hydrogens (primary N) is 1. The minimum absolute atomic E-state index is 0.143. The summed E-state index contributed by atoms with van der Waals surface area (Å²) in [5, 5.41) is 0. The van der Waals surface area contributed by atoms with Crippen LogP contribution in [0.25, 0.3) is 0 Å². The van der Waals surface area contributed by atoms with E-state index in [2.05, 4.69) is 6.92 Å². The molecule has 88 valence electrons.